The van der Waals surface area contributed by atoms with Gasteiger partial charge in [0.1, 0.15) is 0 Å². The molecule has 9 heteroatoms. The molecule has 1 aromatic heterocycles. The number of nitrogens with one attached hydrogen (secondary N) is 1. The number of thiophene rings is 1. The van der Waals surface area contributed by atoms with E-state index < -0.39 is 15.9 Å². The second-order valence-corrected chi connectivity index (χ2v) is 13.7. The van der Waals surface area contributed by atoms with Crippen LogP contribution < -0.4 is 5.32 Å². The number of Topliss-reactive ketones (excluding diaryl/α,β-unsaturated/α-hetero) is 1. The van der Waals surface area contributed by atoms with Crippen molar-refractivity contribution in [3.05, 3.63) is 16.0 Å². The van der Waals surface area contributed by atoms with Gasteiger partial charge in [-0.15, -0.1) is 23.1 Å². The van der Waals surface area contributed by atoms with Crippen molar-refractivity contribution in [1.29, 1.82) is 0 Å². The fourth-order valence-electron chi connectivity index (χ4n) is 4.56. The number of aliphatic hydroxyl groups is 1. The van der Waals surface area contributed by atoms with Gasteiger partial charge < -0.3 is 10.4 Å². The summed E-state index contributed by atoms with van der Waals surface area (Å²) < 4.78 is 25.3. The quantitative estimate of drug-likeness (QED) is 0.542. The van der Waals surface area contributed by atoms with E-state index in [0.717, 1.165) is 47.4 Å². The van der Waals surface area contributed by atoms with Crippen LogP contribution in [0.25, 0.3) is 0 Å². The van der Waals surface area contributed by atoms with Crippen LogP contribution in [0.1, 0.15) is 79.3 Å². The Bertz CT molecular complexity index is 914. The normalized spacial score (nSPS) is 24.1. The van der Waals surface area contributed by atoms with Crippen LogP contribution in [0.3, 0.4) is 0 Å². The Morgan fingerprint density at radius 1 is 1.19 bits per heavy atom. The van der Waals surface area contributed by atoms with Gasteiger partial charge >= 0.3 is 0 Å². The van der Waals surface area contributed by atoms with Gasteiger partial charge in [-0.1, -0.05) is 0 Å². The van der Waals surface area contributed by atoms with E-state index in [1.165, 1.54) is 11.3 Å². The molecule has 0 aromatic carbocycles. The van der Waals surface area contributed by atoms with Crippen molar-refractivity contribution in [3.8, 4) is 0 Å². The topological polar surface area (TPSA) is 101 Å². The van der Waals surface area contributed by atoms with E-state index in [4.69, 9.17) is 0 Å². The van der Waals surface area contributed by atoms with E-state index in [1.807, 2.05) is 6.26 Å². The number of hydrogen-bond acceptors (Lipinski definition) is 7. The van der Waals surface area contributed by atoms with Crippen LogP contribution in [0, 0.1) is 11.8 Å². The lowest BCUT2D eigenvalue weighted by Crippen LogP contribution is -2.35. The van der Waals surface area contributed by atoms with Gasteiger partial charge in [-0.05, 0) is 76.5 Å². The fourth-order valence-corrected chi connectivity index (χ4v) is 8.05. The molecule has 1 fully saturated rings. The number of hydrogen-bond donors (Lipinski definition) is 2. The van der Waals surface area contributed by atoms with Gasteiger partial charge in [-0.25, -0.2) is 8.42 Å². The summed E-state index contributed by atoms with van der Waals surface area (Å²) in [6.07, 6.45) is 6.64. The average molecular weight is 488 g/mol. The first-order chi connectivity index (χ1) is 14.6. The van der Waals surface area contributed by atoms with Crippen LogP contribution in [-0.2, 0) is 21.1 Å². The molecule has 174 valence electrons. The summed E-state index contributed by atoms with van der Waals surface area (Å²) in [5, 5.41) is 12.8. The highest BCUT2D eigenvalue weighted by Gasteiger charge is 2.32. The predicted octanol–water partition coefficient (Wildman–Crippen LogP) is 3.77. The second-order valence-electron chi connectivity index (χ2n) is 8.97. The van der Waals surface area contributed by atoms with E-state index in [2.05, 4.69) is 5.32 Å². The number of aliphatic hydroxyl groups excluding tert-OH is 1. The van der Waals surface area contributed by atoms with Crippen LogP contribution >= 0.6 is 23.1 Å². The van der Waals surface area contributed by atoms with Crippen molar-refractivity contribution < 1.29 is 23.1 Å². The Labute approximate surface area is 193 Å². The molecule has 0 aliphatic heterocycles. The van der Waals surface area contributed by atoms with Gasteiger partial charge in [-0.2, -0.15) is 0 Å². The molecule has 2 aliphatic rings. The van der Waals surface area contributed by atoms with Crippen molar-refractivity contribution >= 4 is 44.6 Å². The van der Waals surface area contributed by atoms with E-state index in [-0.39, 0.29) is 41.1 Å². The smallest absolute Gasteiger partial charge is 0.262 e. The maximum Gasteiger partial charge on any atom is 0.262 e. The molecular formula is C22H33NO5S3. The van der Waals surface area contributed by atoms with Gasteiger partial charge in [0.25, 0.3) is 5.91 Å². The Hall–Kier alpha value is -0.900. The second kappa shape index (κ2) is 10.4. The van der Waals surface area contributed by atoms with Gasteiger partial charge in [0.05, 0.1) is 32.7 Å². The predicted molar refractivity (Wildman–Crippen MR) is 126 cm³/mol. The molecule has 1 aromatic rings. The molecule has 2 N–H and O–H groups in total. The van der Waals surface area contributed by atoms with E-state index in [9.17, 15) is 23.1 Å². The summed E-state index contributed by atoms with van der Waals surface area (Å²) in [7, 11) is -3.06. The maximum absolute atomic E-state index is 12.8. The molecule has 1 heterocycles. The lowest BCUT2D eigenvalue weighted by molar-refractivity contribution is -0.123. The number of fused-ring (bicyclic) bond motifs is 1. The van der Waals surface area contributed by atoms with Gasteiger partial charge in [-0.3, -0.25) is 9.59 Å². The number of amides is 1. The van der Waals surface area contributed by atoms with Crippen molar-refractivity contribution in [1.82, 2.24) is 5.32 Å². The highest BCUT2D eigenvalue weighted by Crippen LogP contribution is 2.43. The van der Waals surface area contributed by atoms with E-state index >= 15 is 0 Å². The Balaban J connectivity index is 1.53. The molecule has 1 unspecified atom stereocenters. The Morgan fingerprint density at radius 2 is 1.87 bits per heavy atom. The van der Waals surface area contributed by atoms with Crippen LogP contribution in [0.4, 0.5) is 0 Å². The summed E-state index contributed by atoms with van der Waals surface area (Å²) in [5.41, 5.74) is 1.83. The Morgan fingerprint density at radius 3 is 2.48 bits per heavy atom. The van der Waals surface area contributed by atoms with Crippen molar-refractivity contribution in [3.63, 3.8) is 0 Å². The molecule has 1 amide bonds. The molecule has 3 rings (SSSR count). The SMILES string of the molecule is CSc1sc(C(=O)NCC(=O)C2CCC(CS(=O)(=O)C(C)C)CC2)c2c1C(O)CCC2. The average Bonchev–Trinajstić information content (AvgIpc) is 3.12. The van der Waals surface area contributed by atoms with Crippen LogP contribution in [0.5, 0.6) is 0 Å². The molecule has 1 saturated carbocycles. The third kappa shape index (κ3) is 5.72. The first-order valence-electron chi connectivity index (χ1n) is 11.0. The minimum absolute atomic E-state index is 0.00227. The maximum atomic E-state index is 12.8. The number of sulfone groups is 1. The number of carbonyl (C=O) groups is 2. The van der Waals surface area contributed by atoms with E-state index in [0.29, 0.717) is 17.7 Å². The van der Waals surface area contributed by atoms with Gasteiger partial charge in [0.15, 0.2) is 15.6 Å². The highest BCUT2D eigenvalue weighted by atomic mass is 32.2. The summed E-state index contributed by atoms with van der Waals surface area (Å²) in [6, 6.07) is 0. The fraction of sp³-hybridized carbons (Fsp3) is 0.727. The molecule has 2 aliphatic carbocycles. The number of carbonyl (C=O) groups excluding carboxylic acids is 2. The lowest BCUT2D eigenvalue weighted by atomic mass is 9.81. The zero-order chi connectivity index (χ0) is 22.8. The molecule has 0 spiro atoms. The third-order valence-electron chi connectivity index (χ3n) is 6.55. The number of thioether (sulfide) groups is 1. The number of ketones is 1. The number of rotatable bonds is 8. The minimum atomic E-state index is -3.06. The first kappa shape index (κ1) is 24.7. The summed E-state index contributed by atoms with van der Waals surface area (Å²) in [5.74, 6) is 0.00378. The molecule has 0 radical (unpaired) electrons. The lowest BCUT2D eigenvalue weighted by Gasteiger charge is -2.28. The molecule has 0 bridgehead atoms. The van der Waals surface area contributed by atoms with Crippen molar-refractivity contribution in [2.24, 2.45) is 11.8 Å². The molecule has 31 heavy (non-hydrogen) atoms. The van der Waals surface area contributed by atoms with E-state index in [1.54, 1.807) is 25.6 Å². The standard InChI is InChI=1S/C22H33NO5S3/c1-13(2)31(27,28)12-14-7-9-15(10-8-14)18(25)11-23-21(26)20-16-5-4-6-17(24)19(16)22(29-3)30-20/h13-15,17,24H,4-12H2,1-3H3,(H,23,26). The third-order valence-corrected chi connectivity index (χ3v) is 11.3. The zero-order valence-corrected chi connectivity index (χ0v) is 20.9. The minimum Gasteiger partial charge on any atom is -0.388 e. The van der Waals surface area contributed by atoms with Crippen molar-refractivity contribution in [2.45, 2.75) is 74.4 Å². The highest BCUT2D eigenvalue weighted by molar-refractivity contribution is 8.00. The van der Waals surface area contributed by atoms with Crippen LogP contribution in [0.15, 0.2) is 4.21 Å². The molecule has 0 saturated heterocycles. The Kier molecular flexibility index (Phi) is 8.27. The monoisotopic (exact) mass is 487 g/mol. The van der Waals surface area contributed by atoms with Gasteiger partial charge in [0, 0.05) is 11.5 Å². The van der Waals surface area contributed by atoms with Crippen LogP contribution in [0.2, 0.25) is 0 Å². The summed E-state index contributed by atoms with van der Waals surface area (Å²) in [6.45, 7) is 3.42. The largest absolute Gasteiger partial charge is 0.388 e. The van der Waals surface area contributed by atoms with Crippen LogP contribution in [-0.4, -0.2) is 49.0 Å². The van der Waals surface area contributed by atoms with Gasteiger partial charge in [0.2, 0.25) is 0 Å². The zero-order valence-electron chi connectivity index (χ0n) is 18.5. The first-order valence-corrected chi connectivity index (χ1v) is 14.8. The summed E-state index contributed by atoms with van der Waals surface area (Å²) >= 11 is 2.95. The molecule has 1 atom stereocenters. The summed E-state index contributed by atoms with van der Waals surface area (Å²) in [4.78, 5) is 26.1. The molecule has 6 nitrogen and oxygen atoms in total. The molecular weight excluding hydrogens is 454 g/mol. The van der Waals surface area contributed by atoms with Crippen molar-refractivity contribution in [2.75, 3.05) is 18.6 Å².